The molecule has 0 amide bonds. The molecule has 0 radical (unpaired) electrons. The standard InChI is InChI=1S/C21H32N2O4S2/c1-15(24)28-13-17-8-9-19(12-18(17)14-29-16(2)25)27-11-5-7-21(26)20(23)6-3-4-10-22/h8-9,12,20H,3-7,10-11,13-14,22-23H2,1-2H3/t20-/m0/s1. The van der Waals surface area contributed by atoms with Crippen LogP contribution in [0.4, 0.5) is 0 Å². The van der Waals surface area contributed by atoms with Crippen LogP contribution in [0.15, 0.2) is 18.2 Å². The van der Waals surface area contributed by atoms with Gasteiger partial charge in [0.2, 0.25) is 0 Å². The van der Waals surface area contributed by atoms with Crippen LogP contribution in [0.2, 0.25) is 0 Å². The van der Waals surface area contributed by atoms with Gasteiger partial charge in [-0.3, -0.25) is 14.4 Å². The van der Waals surface area contributed by atoms with Crippen LogP contribution in [0.1, 0.15) is 57.1 Å². The summed E-state index contributed by atoms with van der Waals surface area (Å²) in [6.07, 6.45) is 3.42. The van der Waals surface area contributed by atoms with Crippen molar-refractivity contribution in [1.29, 1.82) is 0 Å². The molecule has 0 aliphatic rings. The van der Waals surface area contributed by atoms with Crippen LogP contribution in [0.5, 0.6) is 5.75 Å². The molecule has 162 valence electrons. The minimum atomic E-state index is -0.421. The van der Waals surface area contributed by atoms with Crippen LogP contribution >= 0.6 is 23.5 Å². The van der Waals surface area contributed by atoms with Crippen LogP contribution < -0.4 is 16.2 Å². The van der Waals surface area contributed by atoms with Gasteiger partial charge in [0, 0.05) is 31.8 Å². The summed E-state index contributed by atoms with van der Waals surface area (Å²) in [6.45, 7) is 4.11. The van der Waals surface area contributed by atoms with Gasteiger partial charge in [-0.2, -0.15) is 0 Å². The molecule has 8 heteroatoms. The topological polar surface area (TPSA) is 112 Å². The van der Waals surface area contributed by atoms with E-state index in [1.807, 2.05) is 18.2 Å². The number of ketones is 1. The number of carbonyl (C=O) groups excluding carboxylic acids is 3. The molecule has 0 saturated heterocycles. The van der Waals surface area contributed by atoms with E-state index >= 15 is 0 Å². The molecule has 1 aromatic rings. The first kappa shape index (κ1) is 25.7. The molecule has 0 bridgehead atoms. The van der Waals surface area contributed by atoms with Crippen LogP contribution in [0.3, 0.4) is 0 Å². The Morgan fingerprint density at radius 3 is 2.28 bits per heavy atom. The Balaban J connectivity index is 2.53. The van der Waals surface area contributed by atoms with Gasteiger partial charge in [0.15, 0.2) is 10.2 Å². The van der Waals surface area contributed by atoms with E-state index < -0.39 is 6.04 Å². The molecule has 1 aromatic carbocycles. The van der Waals surface area contributed by atoms with Crippen molar-refractivity contribution in [3.8, 4) is 5.75 Å². The Labute approximate surface area is 181 Å². The summed E-state index contributed by atoms with van der Waals surface area (Å²) in [6, 6.07) is 5.28. The number of hydrogen-bond acceptors (Lipinski definition) is 8. The predicted octanol–water partition coefficient (Wildman–Crippen LogP) is 3.43. The SMILES string of the molecule is CC(=O)SCc1ccc(OCCCC(=O)[C@@H](N)CCCCN)cc1CSC(C)=O. The average Bonchev–Trinajstić information content (AvgIpc) is 2.68. The number of nitrogens with two attached hydrogens (primary N) is 2. The Bertz CT molecular complexity index is 683. The van der Waals surface area contributed by atoms with Crippen LogP contribution in [0.25, 0.3) is 0 Å². The minimum Gasteiger partial charge on any atom is -0.494 e. The Kier molecular flexibility index (Phi) is 12.9. The second-order valence-electron chi connectivity index (χ2n) is 6.80. The van der Waals surface area contributed by atoms with E-state index in [0.717, 1.165) is 24.0 Å². The third kappa shape index (κ3) is 11.4. The normalized spacial score (nSPS) is 11.9. The lowest BCUT2D eigenvalue weighted by atomic mass is 10.0. The minimum absolute atomic E-state index is 0.0443. The molecule has 1 rings (SSSR count). The lowest BCUT2D eigenvalue weighted by molar-refractivity contribution is -0.120. The highest BCUT2D eigenvalue weighted by molar-refractivity contribution is 8.13. The van der Waals surface area contributed by atoms with Crippen molar-refractivity contribution in [2.45, 2.75) is 63.5 Å². The number of rotatable bonds is 14. The monoisotopic (exact) mass is 440 g/mol. The number of unbranched alkanes of at least 4 members (excludes halogenated alkanes) is 1. The van der Waals surface area contributed by atoms with E-state index in [2.05, 4.69) is 0 Å². The van der Waals surface area contributed by atoms with Gasteiger partial charge in [-0.1, -0.05) is 36.0 Å². The smallest absolute Gasteiger partial charge is 0.186 e. The van der Waals surface area contributed by atoms with Gasteiger partial charge < -0.3 is 16.2 Å². The maximum atomic E-state index is 12.0. The third-order valence-electron chi connectivity index (χ3n) is 4.26. The van der Waals surface area contributed by atoms with Gasteiger partial charge >= 0.3 is 0 Å². The number of benzene rings is 1. The van der Waals surface area contributed by atoms with Gasteiger partial charge in [0.1, 0.15) is 11.5 Å². The molecular formula is C21H32N2O4S2. The van der Waals surface area contributed by atoms with E-state index in [1.54, 1.807) is 0 Å². The number of hydrogen-bond donors (Lipinski definition) is 2. The second-order valence-corrected chi connectivity index (χ2v) is 9.10. The molecule has 29 heavy (non-hydrogen) atoms. The first-order valence-electron chi connectivity index (χ1n) is 9.83. The molecular weight excluding hydrogens is 408 g/mol. The van der Waals surface area contributed by atoms with Gasteiger partial charge in [-0.05, 0) is 49.1 Å². The molecule has 0 fully saturated rings. The van der Waals surface area contributed by atoms with E-state index in [-0.39, 0.29) is 16.0 Å². The van der Waals surface area contributed by atoms with E-state index in [0.29, 0.717) is 49.7 Å². The maximum absolute atomic E-state index is 12.0. The van der Waals surface area contributed by atoms with Gasteiger partial charge in [-0.15, -0.1) is 0 Å². The van der Waals surface area contributed by atoms with Gasteiger partial charge in [-0.25, -0.2) is 0 Å². The lowest BCUT2D eigenvalue weighted by Gasteiger charge is -2.13. The summed E-state index contributed by atoms with van der Waals surface area (Å²) in [4.78, 5) is 34.6. The van der Waals surface area contributed by atoms with E-state index in [9.17, 15) is 14.4 Å². The summed E-state index contributed by atoms with van der Waals surface area (Å²) in [5.74, 6) is 1.86. The molecule has 0 spiro atoms. The molecule has 6 nitrogen and oxygen atoms in total. The highest BCUT2D eigenvalue weighted by Crippen LogP contribution is 2.26. The zero-order valence-corrected chi connectivity index (χ0v) is 18.9. The quantitative estimate of drug-likeness (QED) is 0.423. The van der Waals surface area contributed by atoms with Crippen molar-refractivity contribution in [1.82, 2.24) is 0 Å². The Hall–Kier alpha value is -1.35. The largest absolute Gasteiger partial charge is 0.494 e. The summed E-state index contributed by atoms with van der Waals surface area (Å²) in [5, 5.41) is 0.101. The number of ether oxygens (including phenoxy) is 1. The Morgan fingerprint density at radius 2 is 1.66 bits per heavy atom. The zero-order chi connectivity index (χ0) is 21.6. The van der Waals surface area contributed by atoms with Crippen molar-refractivity contribution in [3.05, 3.63) is 29.3 Å². The van der Waals surface area contributed by atoms with Crippen molar-refractivity contribution in [3.63, 3.8) is 0 Å². The summed E-state index contributed by atoms with van der Waals surface area (Å²) >= 11 is 2.47. The maximum Gasteiger partial charge on any atom is 0.186 e. The van der Waals surface area contributed by atoms with Crippen molar-refractivity contribution >= 4 is 39.5 Å². The average molecular weight is 441 g/mol. The van der Waals surface area contributed by atoms with E-state index in [4.69, 9.17) is 16.2 Å². The number of carbonyl (C=O) groups is 3. The van der Waals surface area contributed by atoms with Gasteiger partial charge in [0.25, 0.3) is 0 Å². The fraction of sp³-hybridized carbons (Fsp3) is 0.571. The molecule has 4 N–H and O–H groups in total. The molecule has 0 aromatic heterocycles. The molecule has 0 unspecified atom stereocenters. The third-order valence-corrected chi connectivity index (χ3v) is 5.98. The fourth-order valence-corrected chi connectivity index (χ4v) is 3.89. The summed E-state index contributed by atoms with van der Waals surface area (Å²) in [5.41, 5.74) is 13.4. The highest BCUT2D eigenvalue weighted by Gasteiger charge is 2.13. The molecule has 0 aliphatic heterocycles. The molecule has 0 heterocycles. The highest BCUT2D eigenvalue weighted by atomic mass is 32.2. The summed E-state index contributed by atoms with van der Waals surface area (Å²) < 4.78 is 5.79. The van der Waals surface area contributed by atoms with Crippen LogP contribution in [-0.2, 0) is 25.9 Å². The molecule has 0 aliphatic carbocycles. The zero-order valence-electron chi connectivity index (χ0n) is 17.3. The van der Waals surface area contributed by atoms with Crippen molar-refractivity contribution in [2.24, 2.45) is 11.5 Å². The van der Waals surface area contributed by atoms with Crippen molar-refractivity contribution in [2.75, 3.05) is 13.2 Å². The first-order valence-corrected chi connectivity index (χ1v) is 11.8. The molecule has 0 saturated carbocycles. The number of Topliss-reactive ketones (excluding diaryl/α,β-unsaturated/α-hetero) is 1. The first-order chi connectivity index (χ1) is 13.8. The van der Waals surface area contributed by atoms with Crippen LogP contribution in [0, 0.1) is 0 Å². The molecule has 1 atom stereocenters. The Morgan fingerprint density at radius 1 is 1.00 bits per heavy atom. The fourth-order valence-electron chi connectivity index (χ4n) is 2.62. The number of thioether (sulfide) groups is 2. The predicted molar refractivity (Wildman–Crippen MR) is 121 cm³/mol. The van der Waals surface area contributed by atoms with E-state index in [1.165, 1.54) is 37.4 Å². The summed E-state index contributed by atoms with van der Waals surface area (Å²) in [7, 11) is 0. The second kappa shape index (κ2) is 14.6. The van der Waals surface area contributed by atoms with Crippen molar-refractivity contribution < 1.29 is 19.1 Å². The van der Waals surface area contributed by atoms with Crippen LogP contribution in [-0.4, -0.2) is 35.2 Å². The lowest BCUT2D eigenvalue weighted by Crippen LogP contribution is -2.30. The van der Waals surface area contributed by atoms with Gasteiger partial charge in [0.05, 0.1) is 12.6 Å².